The van der Waals surface area contributed by atoms with E-state index in [9.17, 15) is 4.79 Å². The van der Waals surface area contributed by atoms with Crippen molar-refractivity contribution in [3.63, 3.8) is 0 Å². The molecule has 0 aromatic carbocycles. The minimum Gasteiger partial charge on any atom is -0.314 e. The van der Waals surface area contributed by atoms with E-state index >= 15 is 0 Å². The minimum absolute atomic E-state index is 0.0183. The molecule has 5 nitrogen and oxygen atoms in total. The Hall–Kier alpha value is -1.46. The van der Waals surface area contributed by atoms with Gasteiger partial charge in [0, 0.05) is 38.9 Å². The zero-order valence-corrected chi connectivity index (χ0v) is 11.6. The second kappa shape index (κ2) is 6.12. The third-order valence-electron chi connectivity index (χ3n) is 3.35. The van der Waals surface area contributed by atoms with E-state index in [0.717, 1.165) is 32.7 Å². The van der Waals surface area contributed by atoms with Crippen LogP contribution in [0.4, 0.5) is 5.82 Å². The average molecular weight is 262 g/mol. The van der Waals surface area contributed by atoms with Crippen LogP contribution in [0.15, 0.2) is 24.4 Å². The molecular formula is C14H22N4O. The van der Waals surface area contributed by atoms with Crippen LogP contribution in [0.1, 0.15) is 13.8 Å². The van der Waals surface area contributed by atoms with Gasteiger partial charge < -0.3 is 10.6 Å². The highest BCUT2D eigenvalue weighted by Gasteiger charge is 2.30. The molecule has 19 heavy (non-hydrogen) atoms. The lowest BCUT2D eigenvalue weighted by Gasteiger charge is -2.34. The molecule has 1 aliphatic heterocycles. The van der Waals surface area contributed by atoms with E-state index in [1.807, 2.05) is 26.0 Å². The quantitative estimate of drug-likeness (QED) is 0.848. The van der Waals surface area contributed by atoms with Crippen molar-refractivity contribution in [2.24, 2.45) is 5.41 Å². The number of piperazine rings is 1. The molecule has 0 spiro atoms. The zero-order valence-electron chi connectivity index (χ0n) is 11.6. The Morgan fingerprint density at radius 1 is 1.42 bits per heavy atom. The summed E-state index contributed by atoms with van der Waals surface area (Å²) in [6.45, 7) is 8.73. The first-order chi connectivity index (χ1) is 9.08. The Kier molecular flexibility index (Phi) is 4.50. The molecular weight excluding hydrogens is 240 g/mol. The van der Waals surface area contributed by atoms with E-state index in [-0.39, 0.29) is 5.91 Å². The predicted molar refractivity (Wildman–Crippen MR) is 76.0 cm³/mol. The van der Waals surface area contributed by atoms with Gasteiger partial charge in [-0.15, -0.1) is 0 Å². The summed E-state index contributed by atoms with van der Waals surface area (Å²) in [7, 11) is 0. The molecule has 1 aromatic heterocycles. The second-order valence-electron chi connectivity index (χ2n) is 5.58. The molecule has 0 bridgehead atoms. The van der Waals surface area contributed by atoms with Crippen molar-refractivity contribution in [1.82, 2.24) is 15.2 Å². The predicted octanol–water partition coefficient (Wildman–Crippen LogP) is 0.951. The molecule has 2 rings (SSSR count). The molecule has 1 fully saturated rings. The lowest BCUT2D eigenvalue weighted by molar-refractivity contribution is -0.125. The molecule has 1 amide bonds. The van der Waals surface area contributed by atoms with Gasteiger partial charge in [0.15, 0.2) is 0 Å². The largest absolute Gasteiger partial charge is 0.314 e. The van der Waals surface area contributed by atoms with Crippen LogP contribution in [0.3, 0.4) is 0 Å². The first-order valence-electron chi connectivity index (χ1n) is 6.73. The lowest BCUT2D eigenvalue weighted by Crippen LogP contribution is -2.49. The van der Waals surface area contributed by atoms with Crippen molar-refractivity contribution < 1.29 is 4.79 Å². The van der Waals surface area contributed by atoms with Crippen molar-refractivity contribution >= 4 is 11.7 Å². The van der Waals surface area contributed by atoms with Crippen LogP contribution in [-0.2, 0) is 4.79 Å². The van der Waals surface area contributed by atoms with E-state index in [0.29, 0.717) is 5.82 Å². The van der Waals surface area contributed by atoms with Gasteiger partial charge in [-0.2, -0.15) is 0 Å². The molecule has 0 atom stereocenters. The van der Waals surface area contributed by atoms with Gasteiger partial charge in [0.05, 0.1) is 5.41 Å². The van der Waals surface area contributed by atoms with Crippen LogP contribution in [0, 0.1) is 5.41 Å². The fourth-order valence-corrected chi connectivity index (χ4v) is 2.22. The summed E-state index contributed by atoms with van der Waals surface area (Å²) in [4.78, 5) is 18.8. The van der Waals surface area contributed by atoms with Gasteiger partial charge in [-0.1, -0.05) is 6.07 Å². The molecule has 104 valence electrons. The van der Waals surface area contributed by atoms with Crippen molar-refractivity contribution in [3.05, 3.63) is 24.4 Å². The number of anilines is 1. The summed E-state index contributed by atoms with van der Waals surface area (Å²) in [5, 5.41) is 6.20. The molecule has 1 saturated heterocycles. The first kappa shape index (κ1) is 14.0. The topological polar surface area (TPSA) is 57.3 Å². The number of carbonyl (C=O) groups is 1. The molecule has 0 saturated carbocycles. The van der Waals surface area contributed by atoms with Gasteiger partial charge >= 0.3 is 0 Å². The fourth-order valence-electron chi connectivity index (χ4n) is 2.22. The third kappa shape index (κ3) is 4.01. The van der Waals surface area contributed by atoms with Crippen molar-refractivity contribution in [2.45, 2.75) is 13.8 Å². The highest BCUT2D eigenvalue weighted by Crippen LogP contribution is 2.19. The SMILES string of the molecule is CC(C)(CN1CCNCC1)C(=O)Nc1ccccn1. The number of carbonyl (C=O) groups excluding carboxylic acids is 1. The summed E-state index contributed by atoms with van der Waals surface area (Å²) >= 11 is 0. The van der Waals surface area contributed by atoms with Crippen molar-refractivity contribution in [2.75, 3.05) is 38.0 Å². The van der Waals surface area contributed by atoms with Gasteiger partial charge in [-0.3, -0.25) is 9.69 Å². The van der Waals surface area contributed by atoms with E-state index in [1.54, 1.807) is 12.3 Å². The van der Waals surface area contributed by atoms with Crippen LogP contribution < -0.4 is 10.6 Å². The Labute approximate surface area is 114 Å². The number of amides is 1. The number of aromatic nitrogens is 1. The molecule has 5 heteroatoms. The maximum Gasteiger partial charge on any atom is 0.232 e. The molecule has 0 radical (unpaired) electrons. The summed E-state index contributed by atoms with van der Waals surface area (Å²) < 4.78 is 0. The summed E-state index contributed by atoms with van der Waals surface area (Å²) in [6, 6.07) is 5.51. The van der Waals surface area contributed by atoms with Crippen molar-refractivity contribution in [3.8, 4) is 0 Å². The zero-order chi connectivity index (χ0) is 13.7. The average Bonchev–Trinajstić information content (AvgIpc) is 2.40. The standard InChI is InChI=1S/C14H22N4O/c1-14(2,11-18-9-7-15-8-10-18)13(19)17-12-5-3-4-6-16-12/h3-6,15H,7-11H2,1-2H3,(H,16,17,19). The van der Waals surface area contributed by atoms with Gasteiger partial charge in [-0.05, 0) is 26.0 Å². The molecule has 1 aromatic rings. The highest BCUT2D eigenvalue weighted by molar-refractivity contribution is 5.94. The van der Waals surface area contributed by atoms with Crippen LogP contribution in [0.2, 0.25) is 0 Å². The Bertz CT molecular complexity index is 413. The monoisotopic (exact) mass is 262 g/mol. The van der Waals surface area contributed by atoms with E-state index in [2.05, 4.69) is 20.5 Å². The normalized spacial score (nSPS) is 17.2. The van der Waals surface area contributed by atoms with E-state index in [4.69, 9.17) is 0 Å². The van der Waals surface area contributed by atoms with Crippen LogP contribution in [-0.4, -0.2) is 48.5 Å². The summed E-state index contributed by atoms with van der Waals surface area (Å²) in [5.74, 6) is 0.630. The molecule has 0 aliphatic carbocycles. The maximum atomic E-state index is 12.3. The molecule has 0 unspecified atom stereocenters. The fraction of sp³-hybridized carbons (Fsp3) is 0.571. The number of hydrogen-bond acceptors (Lipinski definition) is 4. The molecule has 2 heterocycles. The highest BCUT2D eigenvalue weighted by atomic mass is 16.2. The molecule has 2 N–H and O–H groups in total. The van der Waals surface area contributed by atoms with E-state index in [1.165, 1.54) is 0 Å². The second-order valence-corrected chi connectivity index (χ2v) is 5.58. The first-order valence-corrected chi connectivity index (χ1v) is 6.73. The number of nitrogens with one attached hydrogen (secondary N) is 2. The molecule has 1 aliphatic rings. The van der Waals surface area contributed by atoms with Gasteiger partial charge in [0.1, 0.15) is 5.82 Å². The number of pyridine rings is 1. The lowest BCUT2D eigenvalue weighted by atomic mass is 9.91. The van der Waals surface area contributed by atoms with Gasteiger partial charge in [0.25, 0.3) is 0 Å². The number of hydrogen-bond donors (Lipinski definition) is 2. The van der Waals surface area contributed by atoms with Crippen LogP contribution >= 0.6 is 0 Å². The Morgan fingerprint density at radius 3 is 2.79 bits per heavy atom. The third-order valence-corrected chi connectivity index (χ3v) is 3.35. The van der Waals surface area contributed by atoms with Crippen LogP contribution in [0.25, 0.3) is 0 Å². The Morgan fingerprint density at radius 2 is 2.16 bits per heavy atom. The Balaban J connectivity index is 1.92. The number of rotatable bonds is 4. The van der Waals surface area contributed by atoms with Crippen molar-refractivity contribution in [1.29, 1.82) is 0 Å². The van der Waals surface area contributed by atoms with Gasteiger partial charge in [0.2, 0.25) is 5.91 Å². The van der Waals surface area contributed by atoms with Crippen LogP contribution in [0.5, 0.6) is 0 Å². The summed E-state index contributed by atoms with van der Waals surface area (Å²) in [6.07, 6.45) is 1.68. The van der Waals surface area contributed by atoms with E-state index < -0.39 is 5.41 Å². The maximum absolute atomic E-state index is 12.3. The minimum atomic E-state index is -0.422. The number of nitrogens with zero attached hydrogens (tertiary/aromatic N) is 2. The van der Waals surface area contributed by atoms with Gasteiger partial charge in [-0.25, -0.2) is 4.98 Å². The smallest absolute Gasteiger partial charge is 0.232 e. The summed E-state index contributed by atoms with van der Waals surface area (Å²) in [5.41, 5.74) is -0.422.